The number of halogens is 1. The van der Waals surface area contributed by atoms with Gasteiger partial charge in [0.15, 0.2) is 0 Å². The summed E-state index contributed by atoms with van der Waals surface area (Å²) in [7, 11) is 1.74. The van der Waals surface area contributed by atoms with Crippen molar-refractivity contribution in [1.29, 1.82) is 0 Å². The van der Waals surface area contributed by atoms with Gasteiger partial charge in [-0.2, -0.15) is 0 Å². The van der Waals surface area contributed by atoms with Crippen LogP contribution in [0.2, 0.25) is 0 Å². The highest BCUT2D eigenvalue weighted by Crippen LogP contribution is 2.33. The number of nitro benzene ring substituents is 1. The second kappa shape index (κ2) is 5.88. The molecule has 0 radical (unpaired) electrons. The van der Waals surface area contributed by atoms with E-state index in [9.17, 15) is 10.1 Å². The highest BCUT2D eigenvalue weighted by atomic mass is 79.9. The molecule has 0 bridgehead atoms. The number of hydrogen-bond acceptors (Lipinski definition) is 4. The number of nitrogens with zero attached hydrogens (tertiary/aromatic N) is 1. The van der Waals surface area contributed by atoms with Crippen LogP contribution >= 0.6 is 15.9 Å². The lowest BCUT2D eigenvalue weighted by Crippen LogP contribution is -2.17. The van der Waals surface area contributed by atoms with Gasteiger partial charge in [0.1, 0.15) is 0 Å². The average Bonchev–Trinajstić information content (AvgIpc) is 2.80. The zero-order valence-corrected chi connectivity index (χ0v) is 12.6. The highest BCUT2D eigenvalue weighted by molar-refractivity contribution is 9.10. The Bertz CT molecular complexity index is 493. The van der Waals surface area contributed by atoms with Gasteiger partial charge < -0.3 is 10.1 Å². The Hall–Kier alpha value is -1.14. The van der Waals surface area contributed by atoms with Crippen molar-refractivity contribution < 1.29 is 9.66 Å². The van der Waals surface area contributed by atoms with E-state index in [-0.39, 0.29) is 10.6 Å². The number of nitrogens with one attached hydrogen (secondary N) is 1. The summed E-state index contributed by atoms with van der Waals surface area (Å²) in [6.45, 7) is 1.75. The number of anilines is 1. The van der Waals surface area contributed by atoms with Crippen molar-refractivity contribution in [2.45, 2.75) is 38.3 Å². The standard InChI is InChI=1S/C13H17BrN2O3/c1-8-5-12(11(14)7-13(8)16(17)18)15-9-3-4-10(6-9)19-2/h5,7,9-10,15H,3-4,6H2,1-2H3. The number of aryl methyl sites for hydroxylation is 1. The highest BCUT2D eigenvalue weighted by Gasteiger charge is 2.25. The van der Waals surface area contributed by atoms with Crippen molar-refractivity contribution in [3.05, 3.63) is 32.3 Å². The van der Waals surface area contributed by atoms with Crippen molar-refractivity contribution in [3.8, 4) is 0 Å². The number of methoxy groups -OCH3 is 1. The van der Waals surface area contributed by atoms with E-state index in [1.54, 1.807) is 20.1 Å². The molecule has 0 spiro atoms. The Morgan fingerprint density at radius 3 is 2.79 bits per heavy atom. The zero-order chi connectivity index (χ0) is 14.0. The monoisotopic (exact) mass is 328 g/mol. The number of benzene rings is 1. The maximum Gasteiger partial charge on any atom is 0.273 e. The van der Waals surface area contributed by atoms with Gasteiger partial charge in [-0.1, -0.05) is 0 Å². The van der Waals surface area contributed by atoms with Gasteiger partial charge in [0, 0.05) is 34.9 Å². The second-order valence-corrected chi connectivity index (χ2v) is 5.74. The Morgan fingerprint density at radius 2 is 2.21 bits per heavy atom. The first kappa shape index (κ1) is 14.3. The molecule has 2 rings (SSSR count). The lowest BCUT2D eigenvalue weighted by Gasteiger charge is -2.16. The van der Waals surface area contributed by atoms with Crippen molar-refractivity contribution >= 4 is 27.3 Å². The van der Waals surface area contributed by atoms with Gasteiger partial charge in [-0.3, -0.25) is 10.1 Å². The summed E-state index contributed by atoms with van der Waals surface area (Å²) in [6.07, 6.45) is 3.40. The van der Waals surface area contributed by atoms with Crippen LogP contribution in [-0.2, 0) is 4.74 Å². The molecule has 6 heteroatoms. The summed E-state index contributed by atoms with van der Waals surface area (Å²) in [5.74, 6) is 0. The van der Waals surface area contributed by atoms with E-state index in [2.05, 4.69) is 21.2 Å². The Morgan fingerprint density at radius 1 is 1.47 bits per heavy atom. The molecule has 0 aromatic heterocycles. The number of rotatable bonds is 4. The van der Waals surface area contributed by atoms with E-state index < -0.39 is 0 Å². The van der Waals surface area contributed by atoms with Gasteiger partial charge in [-0.15, -0.1) is 0 Å². The molecule has 2 unspecified atom stereocenters. The Labute approximate surface area is 120 Å². The molecule has 1 aliphatic rings. The number of ether oxygens (including phenoxy) is 1. The third-order valence-corrected chi connectivity index (χ3v) is 4.22. The Kier molecular flexibility index (Phi) is 4.42. The fourth-order valence-electron chi connectivity index (χ4n) is 2.48. The van der Waals surface area contributed by atoms with Gasteiger partial charge in [-0.05, 0) is 48.2 Å². The van der Waals surface area contributed by atoms with Crippen LogP contribution in [0.5, 0.6) is 0 Å². The molecule has 1 N–H and O–H groups in total. The van der Waals surface area contributed by atoms with Gasteiger partial charge in [0.2, 0.25) is 0 Å². The Balaban J connectivity index is 2.13. The summed E-state index contributed by atoms with van der Waals surface area (Å²) in [4.78, 5) is 10.5. The summed E-state index contributed by atoms with van der Waals surface area (Å²) in [6, 6.07) is 3.74. The molecule has 0 heterocycles. The van der Waals surface area contributed by atoms with Crippen LogP contribution in [0.15, 0.2) is 16.6 Å². The van der Waals surface area contributed by atoms with Crippen LogP contribution < -0.4 is 5.32 Å². The molecule has 1 aromatic rings. The lowest BCUT2D eigenvalue weighted by atomic mass is 10.1. The fourth-order valence-corrected chi connectivity index (χ4v) is 2.93. The second-order valence-electron chi connectivity index (χ2n) is 4.89. The van der Waals surface area contributed by atoms with E-state index in [4.69, 9.17) is 4.74 Å². The molecular formula is C13H17BrN2O3. The van der Waals surface area contributed by atoms with Gasteiger partial charge in [0.05, 0.1) is 11.0 Å². The predicted octanol–water partition coefficient (Wildman–Crippen LogP) is 3.65. The summed E-state index contributed by atoms with van der Waals surface area (Å²) >= 11 is 3.39. The average molecular weight is 329 g/mol. The maximum atomic E-state index is 10.9. The first-order valence-electron chi connectivity index (χ1n) is 6.25. The number of nitro groups is 1. The van der Waals surface area contributed by atoms with E-state index in [0.717, 1.165) is 29.4 Å². The number of hydrogen-bond donors (Lipinski definition) is 1. The summed E-state index contributed by atoms with van der Waals surface area (Å²) in [5.41, 5.74) is 1.71. The van der Waals surface area contributed by atoms with Crippen molar-refractivity contribution in [1.82, 2.24) is 0 Å². The van der Waals surface area contributed by atoms with Gasteiger partial charge in [-0.25, -0.2) is 0 Å². The van der Waals surface area contributed by atoms with E-state index in [0.29, 0.717) is 17.7 Å². The molecule has 104 valence electrons. The van der Waals surface area contributed by atoms with Crippen LogP contribution in [-0.4, -0.2) is 24.2 Å². The van der Waals surface area contributed by atoms with Crippen LogP contribution in [0.3, 0.4) is 0 Å². The SMILES string of the molecule is COC1CCC(Nc2cc(C)c([N+](=O)[O-])cc2Br)C1. The molecule has 1 saturated carbocycles. The van der Waals surface area contributed by atoms with Crippen LogP contribution in [0.1, 0.15) is 24.8 Å². The van der Waals surface area contributed by atoms with E-state index in [1.165, 1.54) is 0 Å². The third-order valence-electron chi connectivity index (χ3n) is 3.56. The van der Waals surface area contributed by atoms with Gasteiger partial charge in [0.25, 0.3) is 5.69 Å². The molecule has 1 fully saturated rings. The molecule has 0 aliphatic heterocycles. The van der Waals surface area contributed by atoms with E-state index >= 15 is 0 Å². The van der Waals surface area contributed by atoms with Gasteiger partial charge >= 0.3 is 0 Å². The molecule has 0 saturated heterocycles. The largest absolute Gasteiger partial charge is 0.381 e. The molecule has 1 aromatic carbocycles. The fraction of sp³-hybridized carbons (Fsp3) is 0.538. The van der Waals surface area contributed by atoms with Crippen LogP contribution in [0.25, 0.3) is 0 Å². The maximum absolute atomic E-state index is 10.9. The minimum atomic E-state index is -0.361. The van der Waals surface area contributed by atoms with Crippen LogP contribution in [0, 0.1) is 17.0 Å². The molecule has 0 amide bonds. The first-order valence-corrected chi connectivity index (χ1v) is 7.04. The van der Waals surface area contributed by atoms with Crippen molar-refractivity contribution in [2.75, 3.05) is 12.4 Å². The molecule has 1 aliphatic carbocycles. The lowest BCUT2D eigenvalue weighted by molar-refractivity contribution is -0.385. The summed E-state index contributed by atoms with van der Waals surface area (Å²) in [5, 5.41) is 14.3. The quantitative estimate of drug-likeness (QED) is 0.676. The molecule has 2 atom stereocenters. The topological polar surface area (TPSA) is 64.4 Å². The van der Waals surface area contributed by atoms with Crippen molar-refractivity contribution in [3.63, 3.8) is 0 Å². The van der Waals surface area contributed by atoms with Crippen molar-refractivity contribution in [2.24, 2.45) is 0 Å². The normalized spacial score (nSPS) is 22.5. The minimum Gasteiger partial charge on any atom is -0.381 e. The zero-order valence-electron chi connectivity index (χ0n) is 11.0. The molecule has 5 nitrogen and oxygen atoms in total. The predicted molar refractivity (Wildman–Crippen MR) is 77.6 cm³/mol. The summed E-state index contributed by atoms with van der Waals surface area (Å²) < 4.78 is 6.07. The first-order chi connectivity index (χ1) is 9.01. The minimum absolute atomic E-state index is 0.138. The van der Waals surface area contributed by atoms with Crippen LogP contribution in [0.4, 0.5) is 11.4 Å². The smallest absolute Gasteiger partial charge is 0.273 e. The molecule has 19 heavy (non-hydrogen) atoms. The van der Waals surface area contributed by atoms with E-state index in [1.807, 2.05) is 6.07 Å². The molecular weight excluding hydrogens is 312 g/mol. The third kappa shape index (κ3) is 3.25.